The standard InChI is InChI=1S/C14H10B/c1-2-4-12-9-13(6-5-11(12)3-1)14-7-8-15-10-14/h1-10H. The Labute approximate surface area is 90.2 Å². The lowest BCUT2D eigenvalue weighted by atomic mass is 9.82. The lowest BCUT2D eigenvalue weighted by Gasteiger charge is -2.03. The third-order valence-corrected chi connectivity index (χ3v) is 2.75. The second kappa shape index (κ2) is 3.43. The summed E-state index contributed by atoms with van der Waals surface area (Å²) in [4.78, 5) is 0. The summed E-state index contributed by atoms with van der Waals surface area (Å²) in [6, 6.07) is 15.0. The maximum absolute atomic E-state index is 2.24. The molecule has 0 nitrogen and oxygen atoms in total. The molecule has 0 saturated heterocycles. The molecule has 0 saturated carbocycles. The molecule has 2 aromatic carbocycles. The monoisotopic (exact) mass is 189 g/mol. The first-order chi connectivity index (χ1) is 7.43. The van der Waals surface area contributed by atoms with Gasteiger partial charge in [-0.15, -0.1) is 12.0 Å². The summed E-state index contributed by atoms with van der Waals surface area (Å²) in [7, 11) is 2.07. The molecule has 0 aliphatic carbocycles. The van der Waals surface area contributed by atoms with Gasteiger partial charge in [-0.25, -0.2) is 0 Å². The third-order valence-electron chi connectivity index (χ3n) is 2.75. The molecule has 0 aromatic heterocycles. The summed E-state index contributed by atoms with van der Waals surface area (Å²) in [5.74, 6) is 4.22. The SMILES string of the molecule is [B]1C=CC(c2ccc3ccccc3c2)=C1. The highest BCUT2D eigenvalue weighted by molar-refractivity contribution is 6.52. The molecule has 1 heteroatoms. The van der Waals surface area contributed by atoms with E-state index in [2.05, 4.69) is 67.8 Å². The highest BCUT2D eigenvalue weighted by Gasteiger charge is 2.02. The fraction of sp³-hybridized carbons (Fsp3) is 0. The highest BCUT2D eigenvalue weighted by Crippen LogP contribution is 2.23. The largest absolute Gasteiger partial charge is 0.172 e. The number of benzene rings is 2. The van der Waals surface area contributed by atoms with Crippen LogP contribution in [0.1, 0.15) is 5.56 Å². The summed E-state index contributed by atoms with van der Waals surface area (Å²) in [5.41, 5.74) is 2.58. The number of allylic oxidation sites excluding steroid dienone is 2. The van der Waals surface area contributed by atoms with Crippen molar-refractivity contribution in [3.8, 4) is 0 Å². The molecule has 2 aromatic rings. The lowest BCUT2D eigenvalue weighted by molar-refractivity contribution is 1.68. The van der Waals surface area contributed by atoms with Crippen molar-refractivity contribution in [2.45, 2.75) is 0 Å². The van der Waals surface area contributed by atoms with Gasteiger partial charge in [0.15, 0.2) is 7.28 Å². The normalized spacial score (nSPS) is 14.0. The van der Waals surface area contributed by atoms with Crippen LogP contribution in [-0.2, 0) is 0 Å². The maximum Gasteiger partial charge on any atom is 0.172 e. The smallest absolute Gasteiger partial charge is 0.117 e. The summed E-state index contributed by atoms with van der Waals surface area (Å²) < 4.78 is 0. The van der Waals surface area contributed by atoms with E-state index in [1.54, 1.807) is 0 Å². The van der Waals surface area contributed by atoms with Crippen LogP contribution < -0.4 is 0 Å². The lowest BCUT2D eigenvalue weighted by Crippen LogP contribution is -1.80. The molecule has 0 atom stereocenters. The maximum atomic E-state index is 2.24. The first kappa shape index (κ1) is 8.54. The van der Waals surface area contributed by atoms with Crippen LogP contribution >= 0.6 is 0 Å². The Kier molecular flexibility index (Phi) is 1.95. The predicted molar refractivity (Wildman–Crippen MR) is 66.8 cm³/mol. The van der Waals surface area contributed by atoms with Crippen LogP contribution in [0.4, 0.5) is 0 Å². The van der Waals surface area contributed by atoms with Gasteiger partial charge in [0, 0.05) is 0 Å². The van der Waals surface area contributed by atoms with Crippen molar-refractivity contribution in [1.82, 2.24) is 0 Å². The zero-order chi connectivity index (χ0) is 10.1. The molecule has 0 unspecified atom stereocenters. The van der Waals surface area contributed by atoms with Gasteiger partial charge in [-0.3, -0.25) is 0 Å². The Bertz CT molecular complexity index is 564. The van der Waals surface area contributed by atoms with E-state index in [4.69, 9.17) is 0 Å². The topological polar surface area (TPSA) is 0 Å². The predicted octanol–water partition coefficient (Wildman–Crippen LogP) is 3.41. The summed E-state index contributed by atoms with van der Waals surface area (Å²) in [5, 5.41) is 2.60. The van der Waals surface area contributed by atoms with Crippen LogP contribution in [0.3, 0.4) is 0 Å². The fourth-order valence-corrected chi connectivity index (χ4v) is 1.94. The van der Waals surface area contributed by atoms with Crippen molar-refractivity contribution in [2.24, 2.45) is 0 Å². The first-order valence-corrected chi connectivity index (χ1v) is 5.14. The van der Waals surface area contributed by atoms with E-state index in [1.165, 1.54) is 21.9 Å². The Morgan fingerprint density at radius 1 is 0.867 bits per heavy atom. The molecule has 69 valence electrons. The molecule has 15 heavy (non-hydrogen) atoms. The van der Waals surface area contributed by atoms with Gasteiger partial charge in [0.25, 0.3) is 0 Å². The molecule has 1 radical (unpaired) electrons. The number of fused-ring (bicyclic) bond motifs is 1. The van der Waals surface area contributed by atoms with E-state index in [1.807, 2.05) is 0 Å². The highest BCUT2D eigenvalue weighted by atomic mass is 14.0. The van der Waals surface area contributed by atoms with Gasteiger partial charge in [-0.2, -0.15) is 0 Å². The summed E-state index contributed by atoms with van der Waals surface area (Å²) >= 11 is 0. The van der Waals surface area contributed by atoms with E-state index in [0.717, 1.165) is 0 Å². The van der Waals surface area contributed by atoms with Crippen LogP contribution in [0.5, 0.6) is 0 Å². The minimum atomic E-state index is 1.29. The number of hydrogen-bond acceptors (Lipinski definition) is 0. The average molecular weight is 189 g/mol. The molecular formula is C14H10B. The zero-order valence-electron chi connectivity index (χ0n) is 8.35. The summed E-state index contributed by atoms with van der Waals surface area (Å²) in [6.45, 7) is 0. The second-order valence-corrected chi connectivity index (χ2v) is 3.74. The second-order valence-electron chi connectivity index (χ2n) is 3.74. The molecule has 1 aliphatic rings. The Balaban J connectivity index is 2.17. The Morgan fingerprint density at radius 3 is 2.53 bits per heavy atom. The molecule has 0 bridgehead atoms. The Hall–Kier alpha value is -1.76. The molecule has 1 aliphatic heterocycles. The number of rotatable bonds is 1. The van der Waals surface area contributed by atoms with Gasteiger partial charge < -0.3 is 0 Å². The van der Waals surface area contributed by atoms with Crippen molar-refractivity contribution in [2.75, 3.05) is 0 Å². The van der Waals surface area contributed by atoms with E-state index in [0.29, 0.717) is 0 Å². The van der Waals surface area contributed by atoms with Gasteiger partial charge in [0.1, 0.15) is 0 Å². The molecule has 0 N–H and O–H groups in total. The molecule has 1 heterocycles. The van der Waals surface area contributed by atoms with Gasteiger partial charge in [0.2, 0.25) is 0 Å². The molecule has 0 spiro atoms. The zero-order valence-corrected chi connectivity index (χ0v) is 8.35. The van der Waals surface area contributed by atoms with Gasteiger partial charge in [0.05, 0.1) is 0 Å². The average Bonchev–Trinajstić information content (AvgIpc) is 2.82. The van der Waals surface area contributed by atoms with Crippen molar-refractivity contribution in [3.63, 3.8) is 0 Å². The minimum absolute atomic E-state index is 1.29. The quantitative estimate of drug-likeness (QED) is 0.603. The van der Waals surface area contributed by atoms with Crippen LogP contribution in [0, 0.1) is 0 Å². The molecule has 3 rings (SSSR count). The molecule has 0 fully saturated rings. The van der Waals surface area contributed by atoms with E-state index in [-0.39, 0.29) is 0 Å². The van der Waals surface area contributed by atoms with Crippen LogP contribution in [-0.4, -0.2) is 7.28 Å². The van der Waals surface area contributed by atoms with Crippen LogP contribution in [0.2, 0.25) is 0 Å². The van der Waals surface area contributed by atoms with Gasteiger partial charge >= 0.3 is 0 Å². The molecule has 0 amide bonds. The van der Waals surface area contributed by atoms with Crippen LogP contribution in [0.25, 0.3) is 16.3 Å². The van der Waals surface area contributed by atoms with Gasteiger partial charge in [-0.1, -0.05) is 42.5 Å². The van der Waals surface area contributed by atoms with Crippen molar-refractivity contribution < 1.29 is 0 Å². The summed E-state index contributed by atoms with van der Waals surface area (Å²) in [6.07, 6.45) is 2.14. The van der Waals surface area contributed by atoms with E-state index >= 15 is 0 Å². The minimum Gasteiger partial charge on any atom is -0.117 e. The first-order valence-electron chi connectivity index (χ1n) is 5.14. The van der Waals surface area contributed by atoms with Crippen molar-refractivity contribution in [1.29, 1.82) is 0 Å². The van der Waals surface area contributed by atoms with E-state index < -0.39 is 0 Å². The number of hydrogen-bond donors (Lipinski definition) is 0. The molecular weight excluding hydrogens is 179 g/mol. The Morgan fingerprint density at radius 2 is 1.73 bits per heavy atom. The van der Waals surface area contributed by atoms with E-state index in [9.17, 15) is 0 Å². The van der Waals surface area contributed by atoms with Crippen LogP contribution in [0.15, 0.2) is 60.5 Å². The third kappa shape index (κ3) is 1.50. The van der Waals surface area contributed by atoms with Gasteiger partial charge in [-0.05, 0) is 28.0 Å². The van der Waals surface area contributed by atoms with Crippen molar-refractivity contribution >= 4 is 23.6 Å². The van der Waals surface area contributed by atoms with Crippen molar-refractivity contribution in [3.05, 3.63) is 66.1 Å². The fourth-order valence-electron chi connectivity index (χ4n) is 1.94.